The number of hydrogen-bond donors (Lipinski definition) is 1. The lowest BCUT2D eigenvalue weighted by molar-refractivity contribution is 0.102. The van der Waals surface area contributed by atoms with Gasteiger partial charge in [0.2, 0.25) is 0 Å². The van der Waals surface area contributed by atoms with Crippen molar-refractivity contribution in [2.24, 2.45) is 0 Å². The van der Waals surface area contributed by atoms with Crippen molar-refractivity contribution in [2.75, 3.05) is 5.32 Å². The summed E-state index contributed by atoms with van der Waals surface area (Å²) in [5.41, 5.74) is 1.50. The maximum absolute atomic E-state index is 11.9. The molecule has 4 nitrogen and oxygen atoms in total. The van der Waals surface area contributed by atoms with Gasteiger partial charge in [0.15, 0.2) is 5.13 Å². The first-order valence-corrected chi connectivity index (χ1v) is 7.12. The monoisotopic (exact) mass is 325 g/mol. The summed E-state index contributed by atoms with van der Waals surface area (Å²) in [6.07, 6.45) is 1.52. The Labute approximate surface area is 118 Å². The van der Waals surface area contributed by atoms with Crippen molar-refractivity contribution >= 4 is 38.3 Å². The molecule has 0 bridgehead atoms. The molecule has 6 heteroatoms. The Morgan fingerprint density at radius 1 is 1.44 bits per heavy atom. The molecule has 94 valence electrons. The molecule has 0 aromatic carbocycles. The minimum absolute atomic E-state index is 0.195. The van der Waals surface area contributed by atoms with Crippen LogP contribution in [0.4, 0.5) is 5.13 Å². The van der Waals surface area contributed by atoms with Gasteiger partial charge in [-0.1, -0.05) is 13.8 Å². The molecule has 2 aromatic heterocycles. The van der Waals surface area contributed by atoms with Crippen LogP contribution < -0.4 is 5.32 Å². The van der Waals surface area contributed by atoms with Crippen LogP contribution >= 0.6 is 27.3 Å². The lowest BCUT2D eigenvalue weighted by atomic mass is 10.2. The molecule has 0 aliphatic rings. The Morgan fingerprint density at radius 2 is 2.22 bits per heavy atom. The fourth-order valence-electron chi connectivity index (χ4n) is 1.29. The van der Waals surface area contributed by atoms with Gasteiger partial charge in [0.25, 0.3) is 5.91 Å². The molecule has 1 N–H and O–H groups in total. The van der Waals surface area contributed by atoms with Gasteiger partial charge in [-0.05, 0) is 34.0 Å². The quantitative estimate of drug-likeness (QED) is 0.876. The molecule has 0 spiro atoms. The first-order chi connectivity index (χ1) is 8.56. The lowest BCUT2D eigenvalue weighted by Gasteiger charge is -2.01. The highest BCUT2D eigenvalue weighted by Crippen LogP contribution is 2.21. The van der Waals surface area contributed by atoms with E-state index in [1.165, 1.54) is 17.5 Å². The van der Waals surface area contributed by atoms with Crippen LogP contribution in [0.25, 0.3) is 0 Å². The number of pyridine rings is 1. The molecule has 2 heterocycles. The van der Waals surface area contributed by atoms with E-state index in [1.54, 1.807) is 12.1 Å². The summed E-state index contributed by atoms with van der Waals surface area (Å²) in [7, 11) is 0. The Hall–Kier alpha value is -1.27. The number of nitrogens with one attached hydrogen (secondary N) is 1. The number of rotatable bonds is 3. The standard InChI is InChI=1S/C12H12BrN3OS/c1-7(2)9-6-18-12(15-9)16-11(17)8-3-4-10(13)14-5-8/h3-7H,1-2H3,(H,15,16,17). The van der Waals surface area contributed by atoms with Crippen LogP contribution in [-0.4, -0.2) is 15.9 Å². The van der Waals surface area contributed by atoms with Gasteiger partial charge in [0.1, 0.15) is 4.60 Å². The molecule has 0 radical (unpaired) electrons. The predicted molar refractivity (Wildman–Crippen MR) is 76.1 cm³/mol. The lowest BCUT2D eigenvalue weighted by Crippen LogP contribution is -2.12. The Kier molecular flexibility index (Phi) is 4.08. The topological polar surface area (TPSA) is 54.9 Å². The van der Waals surface area contributed by atoms with Crippen molar-refractivity contribution < 1.29 is 4.79 Å². The van der Waals surface area contributed by atoms with Crippen molar-refractivity contribution in [1.29, 1.82) is 0 Å². The van der Waals surface area contributed by atoms with Crippen molar-refractivity contribution in [3.63, 3.8) is 0 Å². The van der Waals surface area contributed by atoms with Gasteiger partial charge in [-0.2, -0.15) is 0 Å². The third-order valence-electron chi connectivity index (χ3n) is 2.32. The van der Waals surface area contributed by atoms with Crippen LogP contribution in [0.1, 0.15) is 35.8 Å². The van der Waals surface area contributed by atoms with Crippen molar-refractivity contribution in [2.45, 2.75) is 19.8 Å². The molecule has 0 saturated heterocycles. The van der Waals surface area contributed by atoms with Crippen LogP contribution in [0.5, 0.6) is 0 Å². The zero-order valence-corrected chi connectivity index (χ0v) is 12.4. The van der Waals surface area contributed by atoms with E-state index in [2.05, 4.69) is 45.1 Å². The highest BCUT2D eigenvalue weighted by Gasteiger charge is 2.10. The molecular formula is C12H12BrN3OS. The third kappa shape index (κ3) is 3.14. The van der Waals surface area contributed by atoms with E-state index in [1.807, 2.05) is 5.38 Å². The van der Waals surface area contributed by atoms with E-state index in [-0.39, 0.29) is 5.91 Å². The van der Waals surface area contributed by atoms with Gasteiger partial charge in [0, 0.05) is 11.6 Å². The molecule has 0 saturated carbocycles. The second-order valence-electron chi connectivity index (χ2n) is 4.06. The molecule has 0 aliphatic heterocycles. The second-order valence-corrected chi connectivity index (χ2v) is 5.73. The van der Waals surface area contributed by atoms with Gasteiger partial charge in [-0.3, -0.25) is 10.1 Å². The largest absolute Gasteiger partial charge is 0.298 e. The molecule has 2 rings (SSSR count). The molecule has 0 unspecified atom stereocenters. The summed E-state index contributed by atoms with van der Waals surface area (Å²) in [4.78, 5) is 20.3. The van der Waals surface area contributed by atoms with Gasteiger partial charge in [-0.25, -0.2) is 9.97 Å². The van der Waals surface area contributed by atoms with Crippen molar-refractivity contribution in [3.05, 3.63) is 39.6 Å². The van der Waals surface area contributed by atoms with E-state index in [4.69, 9.17) is 0 Å². The second kappa shape index (κ2) is 5.58. The maximum Gasteiger partial charge on any atom is 0.259 e. The summed E-state index contributed by atoms with van der Waals surface area (Å²) >= 11 is 4.66. The number of halogens is 1. The number of amides is 1. The fourth-order valence-corrected chi connectivity index (χ4v) is 2.39. The number of carbonyl (C=O) groups excluding carboxylic acids is 1. The van der Waals surface area contributed by atoms with E-state index in [0.29, 0.717) is 21.2 Å². The number of carbonyl (C=O) groups is 1. The van der Waals surface area contributed by atoms with Crippen LogP contribution in [0, 0.1) is 0 Å². The first kappa shape index (κ1) is 13.2. The van der Waals surface area contributed by atoms with Crippen LogP contribution in [0.15, 0.2) is 28.3 Å². The van der Waals surface area contributed by atoms with Crippen LogP contribution in [-0.2, 0) is 0 Å². The maximum atomic E-state index is 11.9. The number of thiazole rings is 1. The van der Waals surface area contributed by atoms with E-state index >= 15 is 0 Å². The SMILES string of the molecule is CC(C)c1csc(NC(=O)c2ccc(Br)nc2)n1. The average molecular weight is 326 g/mol. The molecule has 0 fully saturated rings. The van der Waals surface area contributed by atoms with E-state index in [9.17, 15) is 4.79 Å². The van der Waals surface area contributed by atoms with Gasteiger partial charge in [0.05, 0.1) is 11.3 Å². The number of aromatic nitrogens is 2. The molecule has 0 atom stereocenters. The summed E-state index contributed by atoms with van der Waals surface area (Å²) in [6.45, 7) is 4.14. The highest BCUT2D eigenvalue weighted by molar-refractivity contribution is 9.10. The minimum atomic E-state index is -0.195. The zero-order chi connectivity index (χ0) is 13.1. The smallest absolute Gasteiger partial charge is 0.259 e. The van der Waals surface area contributed by atoms with Gasteiger partial charge in [-0.15, -0.1) is 11.3 Å². The van der Waals surface area contributed by atoms with Crippen LogP contribution in [0.2, 0.25) is 0 Å². The van der Waals surface area contributed by atoms with Crippen molar-refractivity contribution in [3.8, 4) is 0 Å². The first-order valence-electron chi connectivity index (χ1n) is 5.44. The minimum Gasteiger partial charge on any atom is -0.298 e. The normalized spacial score (nSPS) is 10.7. The van der Waals surface area contributed by atoms with Gasteiger partial charge < -0.3 is 0 Å². The molecule has 2 aromatic rings. The molecule has 18 heavy (non-hydrogen) atoms. The summed E-state index contributed by atoms with van der Waals surface area (Å²) in [5.74, 6) is 0.168. The zero-order valence-electron chi connectivity index (χ0n) is 9.98. The summed E-state index contributed by atoms with van der Waals surface area (Å²) < 4.78 is 0.704. The predicted octanol–water partition coefficient (Wildman–Crippen LogP) is 3.68. The van der Waals surface area contributed by atoms with E-state index in [0.717, 1.165) is 5.69 Å². The van der Waals surface area contributed by atoms with Crippen molar-refractivity contribution in [1.82, 2.24) is 9.97 Å². The van der Waals surface area contributed by atoms with Crippen LogP contribution in [0.3, 0.4) is 0 Å². The summed E-state index contributed by atoms with van der Waals surface area (Å²) in [5, 5.41) is 5.34. The molecule has 1 amide bonds. The molecule has 0 aliphatic carbocycles. The number of anilines is 1. The fraction of sp³-hybridized carbons (Fsp3) is 0.250. The Bertz CT molecular complexity index is 551. The Balaban J connectivity index is 2.08. The number of nitrogens with zero attached hydrogens (tertiary/aromatic N) is 2. The Morgan fingerprint density at radius 3 is 2.78 bits per heavy atom. The van der Waals surface area contributed by atoms with E-state index < -0.39 is 0 Å². The number of hydrogen-bond acceptors (Lipinski definition) is 4. The highest BCUT2D eigenvalue weighted by atomic mass is 79.9. The van der Waals surface area contributed by atoms with Gasteiger partial charge >= 0.3 is 0 Å². The summed E-state index contributed by atoms with van der Waals surface area (Å²) in [6, 6.07) is 3.44. The molecular weight excluding hydrogens is 314 g/mol. The average Bonchev–Trinajstić information content (AvgIpc) is 2.78. The third-order valence-corrected chi connectivity index (χ3v) is 3.57.